The van der Waals surface area contributed by atoms with Crippen LogP contribution in [-0.4, -0.2) is 29.8 Å². The van der Waals surface area contributed by atoms with E-state index in [1.165, 1.54) is 4.90 Å². The predicted molar refractivity (Wildman–Crippen MR) is 122 cm³/mol. The predicted octanol–water partition coefficient (Wildman–Crippen LogP) is 5.56. The first kappa shape index (κ1) is 21.0. The lowest BCUT2D eigenvalue weighted by Crippen LogP contribution is -2.42. The Morgan fingerprint density at radius 1 is 0.900 bits per heavy atom. The minimum atomic E-state index is -0.325. The number of hydrogen-bond donors (Lipinski definition) is 0. The van der Waals surface area contributed by atoms with Crippen LogP contribution in [0.25, 0.3) is 5.57 Å². The summed E-state index contributed by atoms with van der Waals surface area (Å²) in [5.74, 6) is 0.264. The van der Waals surface area contributed by atoms with Crippen LogP contribution in [0.3, 0.4) is 0 Å². The molecule has 0 radical (unpaired) electrons. The molecule has 2 aliphatic rings. The van der Waals surface area contributed by atoms with Crippen molar-refractivity contribution in [1.29, 1.82) is 0 Å². The Bertz CT molecular complexity index is 1040. The molecule has 2 aromatic carbocycles. The zero-order chi connectivity index (χ0) is 21.6. The lowest BCUT2D eigenvalue weighted by Gasteiger charge is -2.37. The lowest BCUT2D eigenvalue weighted by molar-refractivity contribution is -0.120. The van der Waals surface area contributed by atoms with Gasteiger partial charge in [-0.1, -0.05) is 55.2 Å². The van der Waals surface area contributed by atoms with Gasteiger partial charge in [0.05, 0.1) is 11.3 Å². The highest BCUT2D eigenvalue weighted by Crippen LogP contribution is 2.39. The molecule has 0 aliphatic carbocycles. The van der Waals surface area contributed by atoms with Gasteiger partial charge in [-0.2, -0.15) is 0 Å². The number of rotatable bonds is 3. The largest absolute Gasteiger partial charge is 0.366 e. The Hall–Kier alpha value is -2.30. The molecule has 2 aliphatic heterocycles. The molecule has 30 heavy (non-hydrogen) atoms. The van der Waals surface area contributed by atoms with Gasteiger partial charge in [-0.15, -0.1) is 0 Å². The molecule has 6 heteroatoms. The van der Waals surface area contributed by atoms with Crippen LogP contribution in [0.1, 0.15) is 31.4 Å². The number of benzene rings is 2. The Kier molecular flexibility index (Phi) is 5.65. The average Bonchev–Trinajstić information content (AvgIpc) is 2.94. The lowest BCUT2D eigenvalue weighted by atomic mass is 9.91. The molecule has 1 saturated heterocycles. The minimum absolute atomic E-state index is 0.295. The average molecular weight is 443 g/mol. The fourth-order valence-corrected chi connectivity index (χ4v) is 4.89. The van der Waals surface area contributed by atoms with Gasteiger partial charge in [0, 0.05) is 23.1 Å². The van der Waals surface area contributed by atoms with E-state index in [-0.39, 0.29) is 11.8 Å². The third-order valence-electron chi connectivity index (χ3n) is 5.86. The van der Waals surface area contributed by atoms with Crippen molar-refractivity contribution >= 4 is 46.3 Å². The molecule has 0 aromatic heterocycles. The summed E-state index contributed by atoms with van der Waals surface area (Å²) in [7, 11) is 0. The van der Waals surface area contributed by atoms with Crippen LogP contribution in [0.5, 0.6) is 0 Å². The highest BCUT2D eigenvalue weighted by atomic mass is 35.5. The van der Waals surface area contributed by atoms with Crippen molar-refractivity contribution in [3.8, 4) is 0 Å². The van der Waals surface area contributed by atoms with Gasteiger partial charge < -0.3 is 4.90 Å². The molecule has 2 unspecified atom stereocenters. The summed E-state index contributed by atoms with van der Waals surface area (Å²) in [6.45, 7) is 7.69. The van der Waals surface area contributed by atoms with E-state index in [9.17, 15) is 9.59 Å². The van der Waals surface area contributed by atoms with E-state index in [1.807, 2.05) is 6.92 Å². The van der Waals surface area contributed by atoms with Gasteiger partial charge in [-0.05, 0) is 60.6 Å². The smallest absolute Gasteiger partial charge is 0.282 e. The van der Waals surface area contributed by atoms with Gasteiger partial charge in [0.15, 0.2) is 0 Å². The molecule has 156 valence electrons. The van der Waals surface area contributed by atoms with E-state index in [0.29, 0.717) is 50.0 Å². The van der Waals surface area contributed by atoms with Gasteiger partial charge >= 0.3 is 0 Å². The fourth-order valence-electron chi connectivity index (χ4n) is 4.59. The number of likely N-dealkylation sites (tertiary alicyclic amines) is 1. The number of nitrogens with zero attached hydrogens (tertiary/aromatic N) is 2. The maximum absolute atomic E-state index is 13.7. The van der Waals surface area contributed by atoms with Crippen LogP contribution >= 0.6 is 23.2 Å². The minimum Gasteiger partial charge on any atom is -0.366 e. The number of amides is 2. The molecular formula is C24H24Cl2N2O2. The summed E-state index contributed by atoms with van der Waals surface area (Å²) in [6, 6.07) is 12.4. The SMILES string of the molecule is Cc1c(Cl)cccc1N1C(=O)C(c2ccc(Cl)cc2)=C(N2CC(C)CC(C)C2)C1=O. The Labute approximate surface area is 187 Å². The van der Waals surface area contributed by atoms with Crippen molar-refractivity contribution in [3.05, 3.63) is 69.3 Å². The number of piperidine rings is 1. The van der Waals surface area contributed by atoms with E-state index < -0.39 is 0 Å². The quantitative estimate of drug-likeness (QED) is 0.583. The van der Waals surface area contributed by atoms with Crippen molar-refractivity contribution in [2.45, 2.75) is 27.2 Å². The maximum atomic E-state index is 13.7. The van der Waals surface area contributed by atoms with E-state index >= 15 is 0 Å². The number of carbonyl (C=O) groups excluding carboxylic acids is 2. The van der Waals surface area contributed by atoms with Gasteiger partial charge in [0.2, 0.25) is 0 Å². The Balaban J connectivity index is 1.86. The molecule has 2 atom stereocenters. The number of hydrogen-bond acceptors (Lipinski definition) is 3. The summed E-state index contributed by atoms with van der Waals surface area (Å²) < 4.78 is 0. The van der Waals surface area contributed by atoms with Crippen LogP contribution < -0.4 is 4.90 Å². The molecule has 1 fully saturated rings. The first-order chi connectivity index (χ1) is 14.3. The molecule has 2 heterocycles. The van der Waals surface area contributed by atoms with Crippen LogP contribution in [0.4, 0.5) is 5.69 Å². The second kappa shape index (κ2) is 8.09. The maximum Gasteiger partial charge on any atom is 0.282 e. The van der Waals surface area contributed by atoms with Gasteiger partial charge in [-0.25, -0.2) is 4.90 Å². The van der Waals surface area contributed by atoms with Gasteiger partial charge in [0.25, 0.3) is 11.8 Å². The summed E-state index contributed by atoms with van der Waals surface area (Å²) in [4.78, 5) is 30.7. The van der Waals surface area contributed by atoms with E-state index in [2.05, 4.69) is 18.7 Å². The van der Waals surface area contributed by atoms with Crippen molar-refractivity contribution in [1.82, 2.24) is 4.90 Å². The first-order valence-electron chi connectivity index (χ1n) is 10.2. The zero-order valence-electron chi connectivity index (χ0n) is 17.3. The van der Waals surface area contributed by atoms with Crippen LogP contribution in [-0.2, 0) is 9.59 Å². The van der Waals surface area contributed by atoms with E-state index in [4.69, 9.17) is 23.2 Å². The molecule has 0 N–H and O–H groups in total. The highest BCUT2D eigenvalue weighted by Gasteiger charge is 2.44. The zero-order valence-corrected chi connectivity index (χ0v) is 18.8. The monoisotopic (exact) mass is 442 g/mol. The van der Waals surface area contributed by atoms with Crippen molar-refractivity contribution in [2.75, 3.05) is 18.0 Å². The molecule has 4 rings (SSSR count). The summed E-state index contributed by atoms with van der Waals surface area (Å²) in [5, 5.41) is 1.11. The normalized spacial score (nSPS) is 22.3. The number of imide groups is 1. The molecule has 0 spiro atoms. The van der Waals surface area contributed by atoms with Crippen LogP contribution in [0, 0.1) is 18.8 Å². The number of anilines is 1. The van der Waals surface area contributed by atoms with Crippen molar-refractivity contribution in [3.63, 3.8) is 0 Å². The van der Waals surface area contributed by atoms with Crippen LogP contribution in [0.15, 0.2) is 48.2 Å². The third kappa shape index (κ3) is 3.63. The molecular weight excluding hydrogens is 419 g/mol. The highest BCUT2D eigenvalue weighted by molar-refractivity contribution is 6.46. The topological polar surface area (TPSA) is 40.6 Å². The standard InChI is InChI=1S/C24H24Cl2N2O2/c1-14-11-15(2)13-27(12-14)22-21(17-7-9-18(25)10-8-17)23(29)28(24(22)30)20-6-4-5-19(26)16(20)3/h4-10,14-15H,11-13H2,1-3H3. The second-order valence-electron chi connectivity index (χ2n) is 8.41. The fraction of sp³-hybridized carbons (Fsp3) is 0.333. The molecule has 2 amide bonds. The Morgan fingerprint density at radius 3 is 2.17 bits per heavy atom. The number of carbonyl (C=O) groups is 2. The molecule has 0 bridgehead atoms. The molecule has 4 nitrogen and oxygen atoms in total. The molecule has 0 saturated carbocycles. The first-order valence-corrected chi connectivity index (χ1v) is 10.9. The van der Waals surface area contributed by atoms with Gasteiger partial charge in [-0.3, -0.25) is 9.59 Å². The van der Waals surface area contributed by atoms with E-state index in [1.54, 1.807) is 42.5 Å². The molecule has 2 aromatic rings. The van der Waals surface area contributed by atoms with Gasteiger partial charge in [0.1, 0.15) is 5.70 Å². The Morgan fingerprint density at radius 2 is 1.53 bits per heavy atom. The third-order valence-corrected chi connectivity index (χ3v) is 6.52. The number of halogens is 2. The van der Waals surface area contributed by atoms with Crippen LogP contribution in [0.2, 0.25) is 10.0 Å². The summed E-state index contributed by atoms with van der Waals surface area (Å²) in [5.41, 5.74) is 2.83. The summed E-state index contributed by atoms with van der Waals surface area (Å²) in [6.07, 6.45) is 1.11. The summed E-state index contributed by atoms with van der Waals surface area (Å²) >= 11 is 12.4. The second-order valence-corrected chi connectivity index (χ2v) is 9.25. The van der Waals surface area contributed by atoms with Crippen molar-refractivity contribution in [2.24, 2.45) is 11.8 Å². The van der Waals surface area contributed by atoms with E-state index in [0.717, 1.165) is 19.5 Å². The van der Waals surface area contributed by atoms with Crippen molar-refractivity contribution < 1.29 is 9.59 Å².